The normalized spacial score (nSPS) is 15.0. The van der Waals surface area contributed by atoms with E-state index < -0.39 is 16.0 Å². The summed E-state index contributed by atoms with van der Waals surface area (Å²) in [6, 6.07) is 8.51. The van der Waals surface area contributed by atoms with Gasteiger partial charge in [0, 0.05) is 24.5 Å². The molecule has 1 aliphatic rings. The Hall–Kier alpha value is -2.10. The molecule has 0 amide bonds. The highest BCUT2D eigenvalue weighted by Crippen LogP contribution is 2.26. The first kappa shape index (κ1) is 17.7. The fraction of sp³-hybridized carbons (Fsp3) is 0.312. The molecule has 1 fully saturated rings. The summed E-state index contributed by atoms with van der Waals surface area (Å²) in [5.41, 5.74) is 1.44. The van der Waals surface area contributed by atoms with Gasteiger partial charge in [-0.05, 0) is 35.7 Å². The van der Waals surface area contributed by atoms with Crippen LogP contribution in [0.5, 0.6) is 0 Å². The minimum atomic E-state index is -3.87. The average Bonchev–Trinajstić information content (AvgIpc) is 3.13. The maximum absolute atomic E-state index is 12.6. The summed E-state index contributed by atoms with van der Waals surface area (Å²) >= 11 is 1.03. The fourth-order valence-corrected chi connectivity index (χ4v) is 4.92. The summed E-state index contributed by atoms with van der Waals surface area (Å²) in [7, 11) is -2.65. The van der Waals surface area contributed by atoms with Gasteiger partial charge in [-0.15, -0.1) is 11.3 Å². The number of thiophene rings is 1. The van der Waals surface area contributed by atoms with Gasteiger partial charge in [-0.2, -0.15) is 0 Å². The molecule has 0 bridgehead atoms. The number of morpholine rings is 1. The van der Waals surface area contributed by atoms with Gasteiger partial charge >= 0.3 is 5.97 Å². The number of esters is 1. The molecule has 25 heavy (non-hydrogen) atoms. The molecule has 1 aromatic carbocycles. The molecule has 1 saturated heterocycles. The first-order chi connectivity index (χ1) is 12.0. The SMILES string of the molecule is COC(=O)c1sccc1S(=O)(=O)Nc1ccc(N2CCOCC2)cc1. The Balaban J connectivity index is 1.77. The van der Waals surface area contributed by atoms with Crippen molar-refractivity contribution in [2.24, 2.45) is 0 Å². The van der Waals surface area contributed by atoms with Crippen LogP contribution in [0, 0.1) is 0 Å². The van der Waals surface area contributed by atoms with Gasteiger partial charge in [0.15, 0.2) is 0 Å². The van der Waals surface area contributed by atoms with Crippen LogP contribution < -0.4 is 9.62 Å². The Bertz CT molecular complexity index is 840. The largest absolute Gasteiger partial charge is 0.465 e. The molecular formula is C16H18N2O5S2. The van der Waals surface area contributed by atoms with E-state index >= 15 is 0 Å². The second-order valence-corrected chi connectivity index (χ2v) is 7.92. The number of hydrogen-bond donors (Lipinski definition) is 1. The van der Waals surface area contributed by atoms with Crippen LogP contribution in [-0.2, 0) is 19.5 Å². The fourth-order valence-electron chi connectivity index (χ4n) is 2.52. The van der Waals surface area contributed by atoms with Gasteiger partial charge in [0.2, 0.25) is 0 Å². The van der Waals surface area contributed by atoms with Crippen LogP contribution in [0.25, 0.3) is 0 Å². The molecule has 1 aliphatic heterocycles. The molecule has 9 heteroatoms. The van der Waals surface area contributed by atoms with Gasteiger partial charge in [0.05, 0.1) is 20.3 Å². The molecule has 0 atom stereocenters. The van der Waals surface area contributed by atoms with E-state index in [9.17, 15) is 13.2 Å². The van der Waals surface area contributed by atoms with E-state index in [4.69, 9.17) is 4.74 Å². The number of carbonyl (C=O) groups excluding carboxylic acids is 1. The molecule has 1 N–H and O–H groups in total. The van der Waals surface area contributed by atoms with Crippen molar-refractivity contribution in [2.75, 3.05) is 43.0 Å². The van der Waals surface area contributed by atoms with Crippen LogP contribution in [0.1, 0.15) is 9.67 Å². The first-order valence-electron chi connectivity index (χ1n) is 7.62. The number of anilines is 2. The minimum Gasteiger partial charge on any atom is -0.465 e. The molecule has 0 aliphatic carbocycles. The summed E-state index contributed by atoms with van der Waals surface area (Å²) < 4.78 is 37.5. The van der Waals surface area contributed by atoms with Crippen LogP contribution >= 0.6 is 11.3 Å². The van der Waals surface area contributed by atoms with E-state index in [0.29, 0.717) is 18.9 Å². The van der Waals surface area contributed by atoms with Gasteiger partial charge < -0.3 is 14.4 Å². The van der Waals surface area contributed by atoms with Crippen molar-refractivity contribution in [3.8, 4) is 0 Å². The quantitative estimate of drug-likeness (QED) is 0.798. The van der Waals surface area contributed by atoms with Gasteiger partial charge in [0.25, 0.3) is 10.0 Å². The topological polar surface area (TPSA) is 84.9 Å². The maximum Gasteiger partial charge on any atom is 0.349 e. The highest BCUT2D eigenvalue weighted by Gasteiger charge is 2.24. The Morgan fingerprint density at radius 1 is 1.20 bits per heavy atom. The standard InChI is InChI=1S/C16H18N2O5S2/c1-22-16(19)15-14(6-11-24-15)25(20,21)17-12-2-4-13(5-3-12)18-7-9-23-10-8-18/h2-6,11,17H,7-10H2,1H3. The van der Waals surface area contributed by atoms with Crippen molar-refractivity contribution in [3.63, 3.8) is 0 Å². The molecule has 2 heterocycles. The monoisotopic (exact) mass is 382 g/mol. The van der Waals surface area contributed by atoms with Gasteiger partial charge in [-0.1, -0.05) is 0 Å². The molecule has 0 unspecified atom stereocenters. The Morgan fingerprint density at radius 3 is 2.52 bits per heavy atom. The molecule has 3 rings (SSSR count). The number of nitrogens with zero attached hydrogens (tertiary/aromatic N) is 1. The van der Waals surface area contributed by atoms with E-state index in [1.807, 2.05) is 12.1 Å². The van der Waals surface area contributed by atoms with Gasteiger partial charge in [-0.25, -0.2) is 13.2 Å². The molecule has 0 radical (unpaired) electrons. The Morgan fingerprint density at radius 2 is 1.88 bits per heavy atom. The lowest BCUT2D eigenvalue weighted by molar-refractivity contribution is 0.0602. The van der Waals surface area contributed by atoms with Gasteiger partial charge in [0.1, 0.15) is 9.77 Å². The van der Waals surface area contributed by atoms with Crippen LogP contribution in [0.2, 0.25) is 0 Å². The number of benzene rings is 1. The van der Waals surface area contributed by atoms with E-state index in [2.05, 4.69) is 14.4 Å². The highest BCUT2D eigenvalue weighted by atomic mass is 32.2. The Labute approximate surface area is 150 Å². The summed E-state index contributed by atoms with van der Waals surface area (Å²) in [5, 5.41) is 1.54. The number of hydrogen-bond acceptors (Lipinski definition) is 7. The van der Waals surface area contributed by atoms with Crippen molar-refractivity contribution in [1.82, 2.24) is 0 Å². The molecule has 0 spiro atoms. The minimum absolute atomic E-state index is 0.0555. The van der Waals surface area contributed by atoms with Crippen LogP contribution in [0.4, 0.5) is 11.4 Å². The third-order valence-corrected chi connectivity index (χ3v) is 6.23. The van der Waals surface area contributed by atoms with Crippen molar-refractivity contribution < 1.29 is 22.7 Å². The lowest BCUT2D eigenvalue weighted by Gasteiger charge is -2.28. The van der Waals surface area contributed by atoms with E-state index in [1.165, 1.54) is 13.2 Å². The summed E-state index contributed by atoms with van der Waals surface area (Å²) in [4.78, 5) is 13.8. The van der Waals surface area contributed by atoms with Crippen molar-refractivity contribution >= 4 is 38.7 Å². The molecular weight excluding hydrogens is 364 g/mol. The predicted molar refractivity (Wildman–Crippen MR) is 95.9 cm³/mol. The predicted octanol–water partition coefficient (Wildman–Crippen LogP) is 2.17. The molecule has 1 aromatic heterocycles. The zero-order valence-electron chi connectivity index (χ0n) is 13.6. The second kappa shape index (κ2) is 7.42. The molecule has 2 aromatic rings. The van der Waals surface area contributed by atoms with Gasteiger partial charge in [-0.3, -0.25) is 4.72 Å². The third kappa shape index (κ3) is 3.94. The smallest absolute Gasteiger partial charge is 0.349 e. The van der Waals surface area contributed by atoms with Crippen molar-refractivity contribution in [3.05, 3.63) is 40.6 Å². The van der Waals surface area contributed by atoms with Crippen molar-refractivity contribution in [1.29, 1.82) is 0 Å². The lowest BCUT2D eigenvalue weighted by Crippen LogP contribution is -2.36. The average molecular weight is 382 g/mol. The highest BCUT2D eigenvalue weighted by molar-refractivity contribution is 7.93. The molecule has 7 nitrogen and oxygen atoms in total. The number of rotatable bonds is 5. The zero-order chi connectivity index (χ0) is 17.9. The van der Waals surface area contributed by atoms with Crippen LogP contribution in [0.15, 0.2) is 40.6 Å². The third-order valence-electron chi connectivity index (χ3n) is 3.79. The molecule has 134 valence electrons. The number of ether oxygens (including phenoxy) is 2. The van der Waals surface area contributed by atoms with E-state index in [1.54, 1.807) is 17.5 Å². The second-order valence-electron chi connectivity index (χ2n) is 5.36. The molecule has 0 saturated carbocycles. The van der Waals surface area contributed by atoms with E-state index in [0.717, 1.165) is 30.1 Å². The number of sulfonamides is 1. The maximum atomic E-state index is 12.6. The summed E-state index contributed by atoms with van der Waals surface area (Å²) in [6.07, 6.45) is 0. The first-order valence-corrected chi connectivity index (χ1v) is 9.99. The number of nitrogens with one attached hydrogen (secondary N) is 1. The van der Waals surface area contributed by atoms with Crippen LogP contribution in [0.3, 0.4) is 0 Å². The lowest BCUT2D eigenvalue weighted by atomic mass is 10.2. The number of carbonyl (C=O) groups is 1. The van der Waals surface area contributed by atoms with Crippen LogP contribution in [-0.4, -0.2) is 47.8 Å². The Kier molecular flexibility index (Phi) is 5.26. The van der Waals surface area contributed by atoms with E-state index in [-0.39, 0.29) is 9.77 Å². The van der Waals surface area contributed by atoms with Crippen molar-refractivity contribution in [2.45, 2.75) is 4.90 Å². The summed E-state index contributed by atoms with van der Waals surface area (Å²) in [6.45, 7) is 2.98. The summed E-state index contributed by atoms with van der Waals surface area (Å²) in [5.74, 6) is -0.668. The number of methoxy groups -OCH3 is 1. The zero-order valence-corrected chi connectivity index (χ0v) is 15.2.